The molecule has 0 aliphatic rings. The molecule has 0 radical (unpaired) electrons. The molecule has 1 heterocycles. The molecule has 0 spiro atoms. The van der Waals surface area contributed by atoms with Gasteiger partial charge in [-0.3, -0.25) is 0 Å². The molecule has 1 aromatic heterocycles. The molecule has 1 unspecified atom stereocenters. The summed E-state index contributed by atoms with van der Waals surface area (Å²) < 4.78 is 0. The second kappa shape index (κ2) is 5.72. The summed E-state index contributed by atoms with van der Waals surface area (Å²) in [4.78, 5) is 15.2. The summed E-state index contributed by atoms with van der Waals surface area (Å²) in [7, 11) is 0. The number of aliphatic hydroxyl groups is 1. The molecule has 15 heavy (non-hydrogen) atoms. The highest BCUT2D eigenvalue weighted by Crippen LogP contribution is 2.24. The smallest absolute Gasteiger partial charge is 0.354 e. The summed E-state index contributed by atoms with van der Waals surface area (Å²) in [5, 5.41) is 17.7. The van der Waals surface area contributed by atoms with E-state index in [-0.39, 0.29) is 17.6 Å². The van der Waals surface area contributed by atoms with Crippen LogP contribution in [0.5, 0.6) is 0 Å². The molecule has 5 heteroatoms. The SMILES string of the molecule is CC(CCO)Sc1ccnc(C(=O)O)c1. The van der Waals surface area contributed by atoms with Crippen molar-refractivity contribution < 1.29 is 15.0 Å². The zero-order valence-corrected chi connectivity index (χ0v) is 9.20. The molecular weight excluding hydrogens is 214 g/mol. The average Bonchev–Trinajstić information content (AvgIpc) is 2.18. The number of aromatic nitrogens is 1. The Morgan fingerprint density at radius 3 is 3.00 bits per heavy atom. The van der Waals surface area contributed by atoms with E-state index in [1.807, 2.05) is 6.92 Å². The van der Waals surface area contributed by atoms with Crippen LogP contribution in [0, 0.1) is 0 Å². The van der Waals surface area contributed by atoms with Gasteiger partial charge in [-0.1, -0.05) is 6.92 Å². The van der Waals surface area contributed by atoms with Gasteiger partial charge in [0.25, 0.3) is 0 Å². The Hall–Kier alpha value is -1.07. The minimum Gasteiger partial charge on any atom is -0.477 e. The van der Waals surface area contributed by atoms with E-state index in [0.717, 1.165) is 4.90 Å². The van der Waals surface area contributed by atoms with Gasteiger partial charge in [0.2, 0.25) is 0 Å². The van der Waals surface area contributed by atoms with Gasteiger partial charge in [-0.15, -0.1) is 11.8 Å². The van der Waals surface area contributed by atoms with Crippen LogP contribution in [0.1, 0.15) is 23.8 Å². The second-order valence-corrected chi connectivity index (χ2v) is 4.63. The van der Waals surface area contributed by atoms with Crippen molar-refractivity contribution in [2.24, 2.45) is 0 Å². The summed E-state index contributed by atoms with van der Waals surface area (Å²) in [6, 6.07) is 3.31. The first kappa shape index (κ1) is 12.0. The molecule has 82 valence electrons. The van der Waals surface area contributed by atoms with Crippen molar-refractivity contribution in [2.45, 2.75) is 23.5 Å². The zero-order chi connectivity index (χ0) is 11.3. The minimum absolute atomic E-state index is 0.0520. The predicted octanol–water partition coefficient (Wildman–Crippen LogP) is 1.64. The minimum atomic E-state index is -1.02. The van der Waals surface area contributed by atoms with E-state index in [1.54, 1.807) is 12.1 Å². The highest BCUT2D eigenvalue weighted by molar-refractivity contribution is 7.99. The largest absolute Gasteiger partial charge is 0.477 e. The number of nitrogens with zero attached hydrogens (tertiary/aromatic N) is 1. The monoisotopic (exact) mass is 227 g/mol. The lowest BCUT2D eigenvalue weighted by atomic mass is 10.3. The Kier molecular flexibility index (Phi) is 4.58. The van der Waals surface area contributed by atoms with Crippen LogP contribution in [-0.4, -0.2) is 33.0 Å². The van der Waals surface area contributed by atoms with Crippen molar-refractivity contribution >= 4 is 17.7 Å². The Morgan fingerprint density at radius 2 is 2.40 bits per heavy atom. The van der Waals surface area contributed by atoms with Gasteiger partial charge < -0.3 is 10.2 Å². The quantitative estimate of drug-likeness (QED) is 0.748. The number of pyridine rings is 1. The third-order valence-electron chi connectivity index (χ3n) is 1.82. The Balaban J connectivity index is 2.69. The number of aliphatic hydroxyl groups excluding tert-OH is 1. The number of carboxylic acids is 1. The van der Waals surface area contributed by atoms with E-state index < -0.39 is 5.97 Å². The summed E-state index contributed by atoms with van der Waals surface area (Å²) >= 11 is 1.54. The van der Waals surface area contributed by atoms with Gasteiger partial charge in [-0.25, -0.2) is 9.78 Å². The van der Waals surface area contributed by atoms with Crippen molar-refractivity contribution in [1.82, 2.24) is 4.98 Å². The number of rotatable bonds is 5. The second-order valence-electron chi connectivity index (χ2n) is 3.12. The third-order valence-corrected chi connectivity index (χ3v) is 2.99. The van der Waals surface area contributed by atoms with E-state index in [4.69, 9.17) is 10.2 Å². The first-order valence-electron chi connectivity index (χ1n) is 4.60. The fourth-order valence-corrected chi connectivity index (χ4v) is 2.08. The molecule has 0 bridgehead atoms. The Bertz CT molecular complexity index is 343. The van der Waals surface area contributed by atoms with Gasteiger partial charge in [0.05, 0.1) is 0 Å². The predicted molar refractivity (Wildman–Crippen MR) is 58.2 cm³/mol. The molecule has 0 fully saturated rings. The molecule has 0 saturated carbocycles. The molecule has 1 aromatic rings. The van der Waals surface area contributed by atoms with E-state index in [2.05, 4.69) is 4.98 Å². The van der Waals surface area contributed by atoms with E-state index in [9.17, 15) is 4.79 Å². The van der Waals surface area contributed by atoms with Crippen LogP contribution in [0.15, 0.2) is 23.2 Å². The molecular formula is C10H13NO3S. The zero-order valence-electron chi connectivity index (χ0n) is 8.38. The van der Waals surface area contributed by atoms with Crippen LogP contribution < -0.4 is 0 Å². The fourth-order valence-electron chi connectivity index (χ4n) is 1.07. The molecule has 0 saturated heterocycles. The Morgan fingerprint density at radius 1 is 1.67 bits per heavy atom. The van der Waals surface area contributed by atoms with E-state index in [1.165, 1.54) is 18.0 Å². The molecule has 0 aliphatic carbocycles. The van der Waals surface area contributed by atoms with E-state index >= 15 is 0 Å². The fraction of sp³-hybridized carbons (Fsp3) is 0.400. The maximum absolute atomic E-state index is 10.7. The van der Waals surface area contributed by atoms with Crippen LogP contribution in [0.2, 0.25) is 0 Å². The molecule has 0 amide bonds. The summed E-state index contributed by atoms with van der Waals surface area (Å²) in [6.45, 7) is 2.13. The first-order chi connectivity index (χ1) is 7.13. The topological polar surface area (TPSA) is 70.4 Å². The number of carbonyl (C=O) groups is 1. The molecule has 4 nitrogen and oxygen atoms in total. The summed E-state index contributed by atoms with van der Waals surface area (Å²) in [5.41, 5.74) is 0.0520. The lowest BCUT2D eigenvalue weighted by Gasteiger charge is -2.08. The van der Waals surface area contributed by atoms with Crippen molar-refractivity contribution in [3.05, 3.63) is 24.0 Å². The molecule has 1 rings (SSSR count). The number of thioether (sulfide) groups is 1. The number of aromatic carboxylic acids is 1. The van der Waals surface area contributed by atoms with Crippen molar-refractivity contribution in [3.8, 4) is 0 Å². The first-order valence-corrected chi connectivity index (χ1v) is 5.48. The highest BCUT2D eigenvalue weighted by Gasteiger charge is 2.08. The lowest BCUT2D eigenvalue weighted by molar-refractivity contribution is 0.0690. The van der Waals surface area contributed by atoms with Gasteiger partial charge in [0.15, 0.2) is 0 Å². The van der Waals surface area contributed by atoms with Crippen molar-refractivity contribution in [1.29, 1.82) is 0 Å². The van der Waals surface area contributed by atoms with Crippen LogP contribution in [0.4, 0.5) is 0 Å². The van der Waals surface area contributed by atoms with Crippen molar-refractivity contribution in [2.75, 3.05) is 6.61 Å². The highest BCUT2D eigenvalue weighted by atomic mass is 32.2. The maximum Gasteiger partial charge on any atom is 0.354 e. The Labute approximate surface area is 92.3 Å². The summed E-state index contributed by atoms with van der Waals surface area (Å²) in [5.74, 6) is -1.02. The van der Waals surface area contributed by atoms with Crippen LogP contribution in [0.3, 0.4) is 0 Å². The van der Waals surface area contributed by atoms with Gasteiger partial charge in [-0.2, -0.15) is 0 Å². The molecule has 0 aliphatic heterocycles. The van der Waals surface area contributed by atoms with Crippen LogP contribution in [0.25, 0.3) is 0 Å². The maximum atomic E-state index is 10.7. The van der Waals surface area contributed by atoms with Crippen molar-refractivity contribution in [3.63, 3.8) is 0 Å². The summed E-state index contributed by atoms with van der Waals surface area (Å²) in [6.07, 6.45) is 2.17. The number of hydrogen-bond acceptors (Lipinski definition) is 4. The van der Waals surface area contributed by atoms with Gasteiger partial charge in [0.1, 0.15) is 5.69 Å². The van der Waals surface area contributed by atoms with Crippen LogP contribution >= 0.6 is 11.8 Å². The van der Waals surface area contributed by atoms with E-state index in [0.29, 0.717) is 6.42 Å². The normalized spacial score (nSPS) is 12.4. The number of hydrogen-bond donors (Lipinski definition) is 2. The third kappa shape index (κ3) is 3.89. The molecule has 0 aromatic carbocycles. The van der Waals surface area contributed by atoms with Crippen LogP contribution in [-0.2, 0) is 0 Å². The average molecular weight is 227 g/mol. The molecule has 1 atom stereocenters. The van der Waals surface area contributed by atoms with Gasteiger partial charge in [0, 0.05) is 22.9 Å². The van der Waals surface area contributed by atoms with Gasteiger partial charge in [-0.05, 0) is 18.6 Å². The lowest BCUT2D eigenvalue weighted by Crippen LogP contribution is -2.02. The molecule has 2 N–H and O–H groups in total. The standard InChI is InChI=1S/C10H13NO3S/c1-7(3-5-12)15-8-2-4-11-9(6-8)10(13)14/h2,4,6-7,12H,3,5H2,1H3,(H,13,14). The van der Waals surface area contributed by atoms with Gasteiger partial charge >= 0.3 is 5.97 Å². The number of carboxylic acid groups (broad SMARTS) is 1.